The number of rotatable bonds is 6. The van der Waals surface area contributed by atoms with E-state index in [2.05, 4.69) is 31.3 Å². The molecule has 0 bridgehead atoms. The highest BCUT2D eigenvalue weighted by Gasteiger charge is 2.60. The van der Waals surface area contributed by atoms with E-state index in [1.807, 2.05) is 0 Å². The number of ether oxygens (including phenoxy) is 2. The van der Waals surface area contributed by atoms with Crippen molar-refractivity contribution in [3.8, 4) is 0 Å². The second-order valence-corrected chi connectivity index (χ2v) is 6.30. The van der Waals surface area contributed by atoms with Gasteiger partial charge in [-0.3, -0.25) is 24.0 Å². The van der Waals surface area contributed by atoms with Crippen LogP contribution in [0.1, 0.15) is 34.6 Å². The van der Waals surface area contributed by atoms with Crippen molar-refractivity contribution in [1.29, 1.82) is 0 Å². The third kappa shape index (κ3) is 6.05. The molecule has 4 N–H and O–H groups in total. The monoisotopic (exact) mass is 413 g/mol. The van der Waals surface area contributed by atoms with E-state index < -0.39 is 59.9 Å². The highest BCUT2D eigenvalue weighted by atomic mass is 16.6. The van der Waals surface area contributed by atoms with Gasteiger partial charge >= 0.3 is 5.97 Å². The molecule has 1 heterocycles. The molecule has 29 heavy (non-hydrogen) atoms. The average molecular weight is 413 g/mol. The van der Waals surface area contributed by atoms with E-state index >= 15 is 0 Å². The Kier molecular flexibility index (Phi) is 7.92. The maximum atomic E-state index is 12.0. The largest absolute Gasteiger partial charge is 0.456 e. The number of amides is 4. The standard InChI is InChI=1S/C15H23N7O7/c1-6(23)17-11-12(28-10(5)27)15(19-8(3)25,20-9(4)26)14(18-7(2)24)29-13(11)21-22-16/h11-14H,1-5H3,(H,17,23)(H,18,24)(H,19,25)(H,20,26)/t11-,12+,13+,14+/m0/s1. The molecule has 0 saturated carbocycles. The minimum absolute atomic E-state index is 0.605. The second-order valence-electron chi connectivity index (χ2n) is 6.30. The highest BCUT2D eigenvalue weighted by molar-refractivity contribution is 5.80. The fourth-order valence-electron chi connectivity index (χ4n) is 3.01. The van der Waals surface area contributed by atoms with E-state index in [9.17, 15) is 24.0 Å². The first-order chi connectivity index (χ1) is 13.4. The zero-order valence-electron chi connectivity index (χ0n) is 16.5. The number of azide groups is 1. The van der Waals surface area contributed by atoms with Crippen LogP contribution in [0.15, 0.2) is 5.11 Å². The molecule has 1 aliphatic heterocycles. The molecular weight excluding hydrogens is 390 g/mol. The lowest BCUT2D eigenvalue weighted by atomic mass is 9.88. The molecule has 1 fully saturated rings. The molecule has 0 aromatic heterocycles. The number of esters is 1. The van der Waals surface area contributed by atoms with Crippen LogP contribution in [0, 0.1) is 0 Å². The first-order valence-corrected chi connectivity index (χ1v) is 8.41. The summed E-state index contributed by atoms with van der Waals surface area (Å²) in [5.74, 6) is -3.44. The zero-order chi connectivity index (χ0) is 22.4. The fourth-order valence-corrected chi connectivity index (χ4v) is 3.01. The molecule has 14 heteroatoms. The molecular formula is C15H23N7O7. The van der Waals surface area contributed by atoms with Gasteiger partial charge in [-0.15, -0.1) is 0 Å². The SMILES string of the molecule is CC(=O)N[C@@H]1[C@H](N=[N+]=[N-])O[C@@H](NC(C)=O)C(NC(C)=O)(NC(C)=O)[C@@H]1OC(C)=O. The van der Waals surface area contributed by atoms with Crippen molar-refractivity contribution in [2.75, 3.05) is 0 Å². The second kappa shape index (κ2) is 9.71. The quantitative estimate of drug-likeness (QED) is 0.134. The number of carbonyl (C=O) groups excluding carboxylic acids is 5. The van der Waals surface area contributed by atoms with Crippen molar-refractivity contribution < 1.29 is 33.4 Å². The third-order valence-electron chi connectivity index (χ3n) is 3.70. The summed E-state index contributed by atoms with van der Waals surface area (Å²) in [6.07, 6.45) is -4.52. The summed E-state index contributed by atoms with van der Waals surface area (Å²) in [5.41, 5.74) is 6.82. The first-order valence-electron chi connectivity index (χ1n) is 8.41. The Balaban J connectivity index is 3.75. The van der Waals surface area contributed by atoms with Crippen LogP contribution < -0.4 is 21.3 Å². The molecule has 4 atom stereocenters. The van der Waals surface area contributed by atoms with E-state index in [0.717, 1.165) is 34.6 Å². The van der Waals surface area contributed by atoms with Gasteiger partial charge in [0.1, 0.15) is 6.04 Å². The van der Waals surface area contributed by atoms with Crippen LogP contribution in [-0.2, 0) is 33.4 Å². The molecule has 1 rings (SSSR count). The molecule has 160 valence electrons. The van der Waals surface area contributed by atoms with Gasteiger partial charge < -0.3 is 30.7 Å². The van der Waals surface area contributed by atoms with Crippen LogP contribution in [0.4, 0.5) is 0 Å². The summed E-state index contributed by atoms with van der Waals surface area (Å²) >= 11 is 0. The van der Waals surface area contributed by atoms with Crippen LogP contribution in [0.3, 0.4) is 0 Å². The van der Waals surface area contributed by atoms with Crippen molar-refractivity contribution >= 4 is 29.6 Å². The minimum Gasteiger partial charge on any atom is -0.456 e. The smallest absolute Gasteiger partial charge is 0.303 e. The van der Waals surface area contributed by atoms with Crippen LogP contribution in [0.25, 0.3) is 10.4 Å². The van der Waals surface area contributed by atoms with Crippen molar-refractivity contribution in [3.63, 3.8) is 0 Å². The van der Waals surface area contributed by atoms with Gasteiger partial charge in [-0.05, 0) is 5.53 Å². The van der Waals surface area contributed by atoms with Gasteiger partial charge in [0.25, 0.3) is 0 Å². The van der Waals surface area contributed by atoms with E-state index in [4.69, 9.17) is 15.0 Å². The molecule has 0 aromatic rings. The number of carbonyl (C=O) groups is 5. The van der Waals surface area contributed by atoms with Gasteiger partial charge in [-0.2, -0.15) is 0 Å². The third-order valence-corrected chi connectivity index (χ3v) is 3.70. The van der Waals surface area contributed by atoms with Gasteiger partial charge in [0, 0.05) is 39.5 Å². The lowest BCUT2D eigenvalue weighted by Gasteiger charge is -2.52. The van der Waals surface area contributed by atoms with Gasteiger partial charge in [0.15, 0.2) is 24.2 Å². The Morgan fingerprint density at radius 2 is 1.45 bits per heavy atom. The number of hydrogen-bond acceptors (Lipinski definition) is 8. The lowest BCUT2D eigenvalue weighted by molar-refractivity contribution is -0.212. The summed E-state index contributed by atoms with van der Waals surface area (Å²) in [5, 5.41) is 13.1. The van der Waals surface area contributed by atoms with Crippen LogP contribution >= 0.6 is 0 Å². The van der Waals surface area contributed by atoms with Gasteiger partial charge in [-0.1, -0.05) is 5.11 Å². The van der Waals surface area contributed by atoms with E-state index in [0.29, 0.717) is 0 Å². The summed E-state index contributed by atoms with van der Waals surface area (Å²) in [7, 11) is 0. The number of hydrogen-bond donors (Lipinski definition) is 4. The molecule has 0 spiro atoms. The molecule has 0 aliphatic carbocycles. The molecule has 0 unspecified atom stereocenters. The van der Waals surface area contributed by atoms with Crippen LogP contribution in [0.5, 0.6) is 0 Å². The predicted octanol–water partition coefficient (Wildman–Crippen LogP) is -1.48. The van der Waals surface area contributed by atoms with Crippen molar-refractivity contribution in [2.45, 2.75) is 64.9 Å². The average Bonchev–Trinajstić information content (AvgIpc) is 2.53. The maximum Gasteiger partial charge on any atom is 0.303 e. The first kappa shape index (κ1) is 23.7. The zero-order valence-corrected chi connectivity index (χ0v) is 16.5. The summed E-state index contributed by atoms with van der Waals surface area (Å²) < 4.78 is 10.9. The lowest BCUT2D eigenvalue weighted by Crippen LogP contribution is -2.83. The molecule has 1 aliphatic rings. The number of nitrogens with zero attached hydrogens (tertiary/aromatic N) is 3. The van der Waals surface area contributed by atoms with Gasteiger partial charge in [0.2, 0.25) is 23.6 Å². The summed E-state index contributed by atoms with van der Waals surface area (Å²) in [6, 6.07) is -1.32. The van der Waals surface area contributed by atoms with Crippen molar-refractivity contribution in [2.24, 2.45) is 5.11 Å². The summed E-state index contributed by atoms with van der Waals surface area (Å²) in [6.45, 7) is 5.58. The molecule has 1 saturated heterocycles. The van der Waals surface area contributed by atoms with Crippen LogP contribution in [-0.4, -0.2) is 59.9 Å². The van der Waals surface area contributed by atoms with E-state index in [1.54, 1.807) is 0 Å². The highest BCUT2D eigenvalue weighted by Crippen LogP contribution is 2.31. The van der Waals surface area contributed by atoms with Crippen molar-refractivity contribution in [1.82, 2.24) is 21.3 Å². The Morgan fingerprint density at radius 1 is 0.931 bits per heavy atom. The van der Waals surface area contributed by atoms with E-state index in [1.165, 1.54) is 0 Å². The molecule has 4 amide bonds. The fraction of sp³-hybridized carbons (Fsp3) is 0.667. The number of nitrogens with one attached hydrogen (secondary N) is 4. The van der Waals surface area contributed by atoms with Gasteiger partial charge in [0.05, 0.1) is 0 Å². The predicted molar refractivity (Wildman–Crippen MR) is 95.1 cm³/mol. The Bertz CT molecular complexity index is 733. The van der Waals surface area contributed by atoms with Crippen molar-refractivity contribution in [3.05, 3.63) is 10.4 Å². The Morgan fingerprint density at radius 3 is 1.83 bits per heavy atom. The molecule has 14 nitrogen and oxygen atoms in total. The van der Waals surface area contributed by atoms with Crippen LogP contribution in [0.2, 0.25) is 0 Å². The maximum absolute atomic E-state index is 12.0. The Labute approximate surface area is 165 Å². The summed E-state index contributed by atoms with van der Waals surface area (Å²) in [4.78, 5) is 61.8. The topological polar surface area (TPSA) is 201 Å². The van der Waals surface area contributed by atoms with Gasteiger partial charge in [-0.25, -0.2) is 0 Å². The normalized spacial score (nSPS) is 24.9. The minimum atomic E-state index is -2.04. The molecule has 0 aromatic carbocycles. The Hall–Kier alpha value is -3.38. The van der Waals surface area contributed by atoms with E-state index in [-0.39, 0.29) is 0 Å². The molecule has 0 radical (unpaired) electrons.